The summed E-state index contributed by atoms with van der Waals surface area (Å²) in [6, 6.07) is 18.8. The fraction of sp³-hybridized carbons (Fsp3) is 0.148. The van der Waals surface area contributed by atoms with Crippen LogP contribution in [0.2, 0.25) is 0 Å². The van der Waals surface area contributed by atoms with Crippen molar-refractivity contribution in [3.05, 3.63) is 99.4 Å². The molecule has 3 aromatic carbocycles. The molecule has 168 valence electrons. The number of aromatic hydroxyl groups is 1. The molecule has 0 saturated heterocycles. The lowest BCUT2D eigenvalue weighted by molar-refractivity contribution is 0.0971. The lowest BCUT2D eigenvalue weighted by Crippen LogP contribution is -2.29. The smallest absolute Gasteiger partial charge is 0.297 e. The number of anilines is 1. The number of phenolic OH excluding ortho intramolecular Hbond substituents is 1. The van der Waals surface area contributed by atoms with Crippen molar-refractivity contribution in [1.29, 1.82) is 0 Å². The van der Waals surface area contributed by atoms with Crippen molar-refractivity contribution in [3.63, 3.8) is 0 Å². The Morgan fingerprint density at radius 2 is 1.85 bits per heavy atom. The molecular weight excluding hydrogens is 448 g/mol. The number of aromatic nitrogens is 1. The summed E-state index contributed by atoms with van der Waals surface area (Å²) in [4.78, 5) is 33.6. The van der Waals surface area contributed by atoms with Crippen molar-refractivity contribution >= 4 is 43.6 Å². The van der Waals surface area contributed by atoms with Crippen LogP contribution in [-0.2, 0) is 0 Å². The zero-order valence-electron chi connectivity index (χ0n) is 18.5. The largest absolute Gasteiger partial charge is 0.508 e. The van der Waals surface area contributed by atoms with E-state index in [0.29, 0.717) is 27.6 Å². The maximum atomic E-state index is 13.7. The topological polar surface area (TPSA) is 83.6 Å². The third kappa shape index (κ3) is 3.04. The molecule has 3 heterocycles. The van der Waals surface area contributed by atoms with Gasteiger partial charge < -0.3 is 9.52 Å². The van der Waals surface area contributed by atoms with Gasteiger partial charge in [-0.1, -0.05) is 55.5 Å². The summed E-state index contributed by atoms with van der Waals surface area (Å²) in [5.41, 5.74) is 2.94. The molecule has 0 unspecified atom stereocenters. The van der Waals surface area contributed by atoms with E-state index >= 15 is 0 Å². The Morgan fingerprint density at radius 3 is 2.65 bits per heavy atom. The molecule has 7 heteroatoms. The molecule has 0 fully saturated rings. The maximum Gasteiger partial charge on any atom is 0.297 e. The second-order valence-electron chi connectivity index (χ2n) is 8.72. The highest BCUT2D eigenvalue weighted by Crippen LogP contribution is 2.44. The summed E-state index contributed by atoms with van der Waals surface area (Å²) in [6.07, 6.45) is 0. The van der Waals surface area contributed by atoms with Gasteiger partial charge in [-0.3, -0.25) is 14.5 Å². The number of benzene rings is 3. The number of hydrogen-bond acceptors (Lipinski definition) is 6. The van der Waals surface area contributed by atoms with Crippen molar-refractivity contribution in [1.82, 2.24) is 4.98 Å². The average molecular weight is 469 g/mol. The SMILES string of the molecule is CC(C)c1ccc2nc(N3C(=O)c4oc5ccccc5c(=O)c4[C@@H]3c3cccc(O)c3)sc2c1. The van der Waals surface area contributed by atoms with E-state index in [1.54, 1.807) is 48.5 Å². The Balaban J connectivity index is 1.61. The molecule has 1 atom stereocenters. The number of thiazole rings is 1. The first kappa shape index (κ1) is 20.6. The number of fused-ring (bicyclic) bond motifs is 3. The van der Waals surface area contributed by atoms with Crippen molar-refractivity contribution in [2.75, 3.05) is 4.90 Å². The zero-order chi connectivity index (χ0) is 23.6. The molecule has 1 N–H and O–H groups in total. The normalized spacial score (nSPS) is 15.6. The lowest BCUT2D eigenvalue weighted by atomic mass is 9.98. The van der Waals surface area contributed by atoms with Gasteiger partial charge in [-0.15, -0.1) is 0 Å². The number of carbonyl (C=O) groups is 1. The Kier molecular flexibility index (Phi) is 4.57. The third-order valence-corrected chi connectivity index (χ3v) is 7.25. The van der Waals surface area contributed by atoms with Gasteiger partial charge in [0.05, 0.1) is 27.2 Å². The molecule has 2 aromatic heterocycles. The fourth-order valence-corrected chi connectivity index (χ4v) is 5.56. The predicted octanol–water partition coefficient (Wildman–Crippen LogP) is 5.98. The molecule has 1 aliphatic rings. The zero-order valence-corrected chi connectivity index (χ0v) is 19.3. The summed E-state index contributed by atoms with van der Waals surface area (Å²) in [5, 5.41) is 11.0. The second kappa shape index (κ2) is 7.53. The Morgan fingerprint density at radius 1 is 1.03 bits per heavy atom. The fourth-order valence-electron chi connectivity index (χ4n) is 4.52. The van der Waals surface area contributed by atoms with E-state index < -0.39 is 11.9 Å². The van der Waals surface area contributed by atoms with Gasteiger partial charge in [0, 0.05) is 0 Å². The summed E-state index contributed by atoms with van der Waals surface area (Å²) >= 11 is 1.40. The standard InChI is InChI=1S/C27H20N2O4S/c1-14(2)15-10-11-19-21(13-15)34-27(28-19)29-23(16-6-5-7-17(30)12-16)22-24(31)18-8-3-4-9-20(18)33-25(22)26(29)32/h3-14,23,30H,1-2H3/t23-/m0/s1. The number of rotatable bonds is 3. The molecular formula is C27H20N2O4S. The molecule has 0 saturated carbocycles. The van der Waals surface area contributed by atoms with Gasteiger partial charge in [0.15, 0.2) is 10.6 Å². The Hall–Kier alpha value is -3.97. The van der Waals surface area contributed by atoms with Crippen LogP contribution >= 0.6 is 11.3 Å². The number of hydrogen-bond donors (Lipinski definition) is 1. The van der Waals surface area contributed by atoms with Crippen molar-refractivity contribution in [2.45, 2.75) is 25.8 Å². The van der Waals surface area contributed by atoms with E-state index in [-0.39, 0.29) is 22.5 Å². The summed E-state index contributed by atoms with van der Waals surface area (Å²) < 4.78 is 6.94. The van der Waals surface area contributed by atoms with Crippen LogP contribution in [-0.4, -0.2) is 16.0 Å². The number of nitrogens with zero attached hydrogens (tertiary/aromatic N) is 2. The van der Waals surface area contributed by atoms with Gasteiger partial charge >= 0.3 is 0 Å². The number of amides is 1. The van der Waals surface area contributed by atoms with Gasteiger partial charge in [0.2, 0.25) is 5.76 Å². The van der Waals surface area contributed by atoms with Gasteiger partial charge in [0.1, 0.15) is 11.3 Å². The first-order valence-electron chi connectivity index (χ1n) is 11.0. The van der Waals surface area contributed by atoms with Crippen LogP contribution in [0.1, 0.15) is 53.1 Å². The molecule has 6 nitrogen and oxygen atoms in total. The summed E-state index contributed by atoms with van der Waals surface area (Å²) in [7, 11) is 0. The molecule has 6 rings (SSSR count). The van der Waals surface area contributed by atoms with Gasteiger partial charge in [-0.05, 0) is 53.4 Å². The van der Waals surface area contributed by atoms with Crippen LogP contribution in [0.15, 0.2) is 75.9 Å². The van der Waals surface area contributed by atoms with E-state index in [1.807, 2.05) is 12.1 Å². The molecule has 1 aliphatic heterocycles. The molecule has 0 radical (unpaired) electrons. The molecule has 34 heavy (non-hydrogen) atoms. The van der Waals surface area contributed by atoms with E-state index in [2.05, 4.69) is 19.9 Å². The molecule has 5 aromatic rings. The van der Waals surface area contributed by atoms with Crippen LogP contribution in [0.25, 0.3) is 21.2 Å². The van der Waals surface area contributed by atoms with E-state index in [4.69, 9.17) is 9.40 Å². The summed E-state index contributed by atoms with van der Waals surface area (Å²) in [5.74, 6) is 0.00446. The van der Waals surface area contributed by atoms with Gasteiger partial charge in [0.25, 0.3) is 5.91 Å². The highest BCUT2D eigenvalue weighted by atomic mass is 32.1. The second-order valence-corrected chi connectivity index (χ2v) is 9.73. The highest BCUT2D eigenvalue weighted by Gasteiger charge is 2.45. The molecule has 0 bridgehead atoms. The predicted molar refractivity (Wildman–Crippen MR) is 133 cm³/mol. The maximum absolute atomic E-state index is 13.7. The highest BCUT2D eigenvalue weighted by molar-refractivity contribution is 7.22. The molecule has 0 aliphatic carbocycles. The lowest BCUT2D eigenvalue weighted by Gasteiger charge is -2.22. The van der Waals surface area contributed by atoms with E-state index in [1.165, 1.54) is 21.8 Å². The third-order valence-electron chi connectivity index (χ3n) is 6.24. The van der Waals surface area contributed by atoms with Gasteiger partial charge in [-0.25, -0.2) is 4.98 Å². The quantitative estimate of drug-likeness (QED) is 0.352. The monoisotopic (exact) mass is 468 g/mol. The van der Waals surface area contributed by atoms with Crippen LogP contribution in [0.4, 0.5) is 5.13 Å². The van der Waals surface area contributed by atoms with E-state index in [9.17, 15) is 14.7 Å². The molecule has 0 spiro atoms. The minimum atomic E-state index is -0.763. The first-order chi connectivity index (χ1) is 16.4. The van der Waals surface area contributed by atoms with Gasteiger partial charge in [-0.2, -0.15) is 0 Å². The molecule has 1 amide bonds. The number of para-hydroxylation sites is 1. The van der Waals surface area contributed by atoms with Crippen LogP contribution in [0, 0.1) is 0 Å². The van der Waals surface area contributed by atoms with Crippen molar-refractivity contribution in [3.8, 4) is 5.75 Å². The average Bonchev–Trinajstić information content (AvgIpc) is 3.37. The minimum Gasteiger partial charge on any atom is -0.508 e. The number of phenols is 1. The van der Waals surface area contributed by atoms with E-state index in [0.717, 1.165) is 10.2 Å². The van der Waals surface area contributed by atoms with Crippen LogP contribution < -0.4 is 10.3 Å². The summed E-state index contributed by atoms with van der Waals surface area (Å²) in [6.45, 7) is 4.26. The van der Waals surface area contributed by atoms with Crippen molar-refractivity contribution < 1.29 is 14.3 Å². The van der Waals surface area contributed by atoms with Crippen LogP contribution in [0.3, 0.4) is 0 Å². The number of carbonyl (C=O) groups excluding carboxylic acids is 1. The first-order valence-corrected chi connectivity index (χ1v) is 11.8. The van der Waals surface area contributed by atoms with Crippen LogP contribution in [0.5, 0.6) is 5.75 Å². The van der Waals surface area contributed by atoms with Crippen molar-refractivity contribution in [2.24, 2.45) is 0 Å². The Labute approximate surface area is 198 Å². The Bertz CT molecular complexity index is 1670. The minimum absolute atomic E-state index is 0.0131.